The lowest BCUT2D eigenvalue weighted by atomic mass is 9.93. The van der Waals surface area contributed by atoms with Crippen LogP contribution in [0.15, 0.2) is 95.9 Å². The van der Waals surface area contributed by atoms with Gasteiger partial charge in [0.25, 0.3) is 10.0 Å². The van der Waals surface area contributed by atoms with Crippen molar-refractivity contribution in [1.29, 1.82) is 0 Å². The van der Waals surface area contributed by atoms with E-state index >= 15 is 0 Å². The third-order valence-electron chi connectivity index (χ3n) is 7.08. The molecule has 4 aromatic rings. The quantitative estimate of drug-likeness (QED) is 0.199. The average molecular weight is 587 g/mol. The number of methoxy groups -OCH3 is 1. The van der Waals surface area contributed by atoms with E-state index in [9.17, 15) is 13.2 Å². The first-order chi connectivity index (χ1) is 20.0. The second-order valence-corrected chi connectivity index (χ2v) is 12.5. The van der Waals surface area contributed by atoms with Crippen LogP contribution in [0.1, 0.15) is 55.0 Å². The summed E-state index contributed by atoms with van der Waals surface area (Å²) in [7, 11) is -2.41. The van der Waals surface area contributed by atoms with Crippen LogP contribution in [-0.2, 0) is 14.8 Å². The molecule has 8 heteroatoms. The van der Waals surface area contributed by atoms with Gasteiger partial charge in [0, 0.05) is 0 Å². The fraction of sp³-hybridized carbons (Fsp3) is 0.265. The molecule has 0 saturated carbocycles. The molecule has 0 fully saturated rings. The maximum atomic E-state index is 13.9. The number of aryl methyl sites for hydroxylation is 2. The Kier molecular flexibility index (Phi) is 9.58. The summed E-state index contributed by atoms with van der Waals surface area (Å²) in [5.74, 6) is 1.82. The molecule has 0 radical (unpaired) electrons. The Hall–Kier alpha value is -4.30. The molecule has 0 aliphatic carbocycles. The van der Waals surface area contributed by atoms with Crippen molar-refractivity contribution in [3.63, 3.8) is 0 Å². The molecule has 1 N–H and O–H groups in total. The third kappa shape index (κ3) is 7.12. The van der Waals surface area contributed by atoms with Gasteiger partial charge in [0.1, 0.15) is 23.8 Å². The van der Waals surface area contributed by atoms with E-state index in [1.54, 1.807) is 55.6 Å². The SMILES string of the molecule is COc1cc(C)c([C@@H](C)NC(=O)CN(c2ccc(Oc3ccccc3)cc2)S(=O)(=O)c2ccc(C)cc2)cc1C(C)C. The van der Waals surface area contributed by atoms with E-state index in [1.807, 2.05) is 57.2 Å². The Bertz CT molecular complexity index is 1620. The van der Waals surface area contributed by atoms with Crippen molar-refractivity contribution in [2.75, 3.05) is 18.0 Å². The number of hydrogen-bond donors (Lipinski definition) is 1. The van der Waals surface area contributed by atoms with E-state index in [4.69, 9.17) is 9.47 Å². The van der Waals surface area contributed by atoms with Gasteiger partial charge < -0.3 is 14.8 Å². The predicted molar refractivity (Wildman–Crippen MR) is 167 cm³/mol. The van der Waals surface area contributed by atoms with Gasteiger partial charge in [0.15, 0.2) is 0 Å². The van der Waals surface area contributed by atoms with E-state index in [0.717, 1.165) is 32.3 Å². The Labute approximate surface area is 249 Å². The van der Waals surface area contributed by atoms with Gasteiger partial charge in [-0.3, -0.25) is 9.10 Å². The van der Waals surface area contributed by atoms with Crippen molar-refractivity contribution in [2.45, 2.75) is 51.5 Å². The van der Waals surface area contributed by atoms with Gasteiger partial charge in [-0.15, -0.1) is 0 Å². The minimum absolute atomic E-state index is 0.103. The number of hydrogen-bond acceptors (Lipinski definition) is 5. The largest absolute Gasteiger partial charge is 0.496 e. The maximum absolute atomic E-state index is 13.9. The lowest BCUT2D eigenvalue weighted by molar-refractivity contribution is -0.120. The van der Waals surface area contributed by atoms with Crippen LogP contribution in [0, 0.1) is 13.8 Å². The summed E-state index contributed by atoms with van der Waals surface area (Å²) in [5.41, 5.74) is 4.25. The standard InChI is InChI=1S/C34H38N2O5S/c1-23(2)31-21-32(25(4)20-33(31)40-6)26(5)35-34(37)22-36(42(38,39)30-18-12-24(3)13-19-30)27-14-16-29(17-15-27)41-28-10-8-7-9-11-28/h7-21,23,26H,22H2,1-6H3,(H,35,37)/t26-/m1/s1. The number of carbonyl (C=O) groups excluding carboxylic acids is 1. The molecular weight excluding hydrogens is 548 g/mol. The molecule has 0 bridgehead atoms. The number of rotatable bonds is 11. The number of ether oxygens (including phenoxy) is 2. The van der Waals surface area contributed by atoms with E-state index in [2.05, 4.69) is 25.2 Å². The summed E-state index contributed by atoms with van der Waals surface area (Å²) in [6.07, 6.45) is 0. The van der Waals surface area contributed by atoms with Crippen molar-refractivity contribution in [3.8, 4) is 17.2 Å². The Morgan fingerprint density at radius 1 is 0.833 bits per heavy atom. The van der Waals surface area contributed by atoms with Gasteiger partial charge in [-0.05, 0) is 104 Å². The zero-order valence-electron chi connectivity index (χ0n) is 24.9. The van der Waals surface area contributed by atoms with Crippen LogP contribution >= 0.6 is 0 Å². The van der Waals surface area contributed by atoms with E-state index in [-0.39, 0.29) is 16.9 Å². The van der Waals surface area contributed by atoms with Gasteiger partial charge in [-0.25, -0.2) is 8.42 Å². The molecule has 0 unspecified atom stereocenters. The second kappa shape index (κ2) is 13.1. The number of nitrogens with one attached hydrogen (secondary N) is 1. The number of anilines is 1. The average Bonchev–Trinajstić information content (AvgIpc) is 2.96. The van der Waals surface area contributed by atoms with Crippen molar-refractivity contribution in [1.82, 2.24) is 5.32 Å². The van der Waals surface area contributed by atoms with Gasteiger partial charge in [-0.2, -0.15) is 0 Å². The Morgan fingerprint density at radius 3 is 2.05 bits per heavy atom. The predicted octanol–water partition coefficient (Wildman–Crippen LogP) is 7.30. The monoisotopic (exact) mass is 586 g/mol. The minimum atomic E-state index is -4.06. The topological polar surface area (TPSA) is 84.9 Å². The number of benzene rings is 4. The van der Waals surface area contributed by atoms with Crippen LogP contribution in [-0.4, -0.2) is 28.0 Å². The molecule has 0 spiro atoms. The fourth-order valence-corrected chi connectivity index (χ4v) is 6.18. The number of amides is 1. The highest BCUT2D eigenvalue weighted by atomic mass is 32.2. The summed E-state index contributed by atoms with van der Waals surface area (Å²) in [4.78, 5) is 13.5. The first-order valence-corrected chi connectivity index (χ1v) is 15.3. The van der Waals surface area contributed by atoms with Crippen LogP contribution in [0.25, 0.3) is 0 Å². The Morgan fingerprint density at radius 2 is 1.45 bits per heavy atom. The van der Waals surface area contributed by atoms with E-state index in [1.165, 1.54) is 0 Å². The molecular formula is C34H38N2O5S. The highest BCUT2D eigenvalue weighted by molar-refractivity contribution is 7.92. The fourth-order valence-electron chi connectivity index (χ4n) is 4.76. The molecule has 4 rings (SSSR count). The van der Waals surface area contributed by atoms with Gasteiger partial charge in [0.2, 0.25) is 5.91 Å². The lowest BCUT2D eigenvalue weighted by Gasteiger charge is -2.26. The minimum Gasteiger partial charge on any atom is -0.496 e. The first-order valence-electron chi connectivity index (χ1n) is 13.9. The Balaban J connectivity index is 1.62. The maximum Gasteiger partial charge on any atom is 0.264 e. The molecule has 1 atom stereocenters. The first kappa shape index (κ1) is 30.7. The van der Waals surface area contributed by atoms with Crippen LogP contribution in [0.4, 0.5) is 5.69 Å². The van der Waals surface area contributed by atoms with Crippen LogP contribution in [0.2, 0.25) is 0 Å². The smallest absolute Gasteiger partial charge is 0.264 e. The van der Waals surface area contributed by atoms with Crippen molar-refractivity contribution in [2.24, 2.45) is 0 Å². The molecule has 0 aliphatic rings. The highest BCUT2D eigenvalue weighted by Crippen LogP contribution is 2.32. The molecule has 42 heavy (non-hydrogen) atoms. The van der Waals surface area contributed by atoms with Crippen molar-refractivity contribution < 1.29 is 22.7 Å². The molecule has 0 heterocycles. The second-order valence-electron chi connectivity index (χ2n) is 10.6. The summed E-state index contributed by atoms with van der Waals surface area (Å²) in [6, 6.07) is 26.2. The molecule has 4 aromatic carbocycles. The summed E-state index contributed by atoms with van der Waals surface area (Å²) in [5, 5.41) is 3.01. The molecule has 7 nitrogen and oxygen atoms in total. The molecule has 0 aromatic heterocycles. The number of nitrogens with zero attached hydrogens (tertiary/aromatic N) is 1. The van der Waals surface area contributed by atoms with Crippen LogP contribution < -0.4 is 19.1 Å². The summed E-state index contributed by atoms with van der Waals surface area (Å²) in [6.45, 7) is 9.53. The molecule has 0 saturated heterocycles. The zero-order valence-corrected chi connectivity index (χ0v) is 25.7. The third-order valence-corrected chi connectivity index (χ3v) is 8.87. The lowest BCUT2D eigenvalue weighted by Crippen LogP contribution is -2.41. The number of para-hydroxylation sites is 1. The van der Waals surface area contributed by atoms with E-state index < -0.39 is 22.5 Å². The normalized spacial score (nSPS) is 12.1. The van der Waals surface area contributed by atoms with E-state index in [0.29, 0.717) is 17.2 Å². The molecule has 1 amide bonds. The molecule has 220 valence electrons. The van der Waals surface area contributed by atoms with Gasteiger partial charge in [0.05, 0.1) is 23.7 Å². The van der Waals surface area contributed by atoms with Crippen molar-refractivity contribution in [3.05, 3.63) is 113 Å². The van der Waals surface area contributed by atoms with Crippen LogP contribution in [0.5, 0.6) is 17.2 Å². The zero-order chi connectivity index (χ0) is 30.4. The van der Waals surface area contributed by atoms with Crippen LogP contribution in [0.3, 0.4) is 0 Å². The summed E-state index contributed by atoms with van der Waals surface area (Å²) < 4.78 is 40.3. The number of sulfonamides is 1. The molecule has 0 aliphatic heterocycles. The van der Waals surface area contributed by atoms with Gasteiger partial charge in [-0.1, -0.05) is 49.7 Å². The number of carbonyl (C=O) groups is 1. The summed E-state index contributed by atoms with van der Waals surface area (Å²) >= 11 is 0. The highest BCUT2D eigenvalue weighted by Gasteiger charge is 2.28. The van der Waals surface area contributed by atoms with Gasteiger partial charge >= 0.3 is 0 Å². The van der Waals surface area contributed by atoms with Crippen molar-refractivity contribution >= 4 is 21.6 Å².